The summed E-state index contributed by atoms with van der Waals surface area (Å²) in [6, 6.07) is 11.0. The maximum absolute atomic E-state index is 12.0. The van der Waals surface area contributed by atoms with E-state index in [1.54, 1.807) is 20.3 Å². The quantitative estimate of drug-likeness (QED) is 0.805. The van der Waals surface area contributed by atoms with Gasteiger partial charge in [-0.15, -0.1) is 0 Å². The summed E-state index contributed by atoms with van der Waals surface area (Å²) in [4.78, 5) is 12.0. The average Bonchev–Trinajstić information content (AvgIpc) is 2.58. The minimum absolute atomic E-state index is 0.0980. The summed E-state index contributed by atoms with van der Waals surface area (Å²) in [6.07, 6.45) is 0. The number of nitrogens with one attached hydrogen (secondary N) is 2. The van der Waals surface area contributed by atoms with Gasteiger partial charge in [-0.2, -0.15) is 0 Å². The number of amides is 1. The van der Waals surface area contributed by atoms with Gasteiger partial charge in [0.1, 0.15) is 0 Å². The molecule has 0 aliphatic heterocycles. The molecule has 2 rings (SSSR count). The van der Waals surface area contributed by atoms with Crippen molar-refractivity contribution in [3.8, 4) is 11.5 Å². The van der Waals surface area contributed by atoms with Gasteiger partial charge < -0.3 is 20.1 Å². The Bertz CT molecular complexity index is 719. The van der Waals surface area contributed by atoms with Crippen LogP contribution in [0.25, 0.3) is 0 Å². The Labute approximate surface area is 146 Å². The van der Waals surface area contributed by atoms with E-state index in [9.17, 15) is 4.79 Å². The second-order valence-electron chi connectivity index (χ2n) is 5.28. The van der Waals surface area contributed by atoms with Crippen LogP contribution in [0.4, 0.5) is 5.69 Å². The van der Waals surface area contributed by atoms with Crippen molar-refractivity contribution in [2.75, 3.05) is 26.1 Å². The van der Waals surface area contributed by atoms with Crippen LogP contribution in [0.5, 0.6) is 11.5 Å². The summed E-state index contributed by atoms with van der Waals surface area (Å²) < 4.78 is 10.4. The molecule has 1 amide bonds. The molecule has 2 N–H and O–H groups in total. The molecule has 0 saturated carbocycles. The molecule has 0 unspecified atom stereocenters. The van der Waals surface area contributed by atoms with Gasteiger partial charge in [0.05, 0.1) is 20.8 Å². The summed E-state index contributed by atoms with van der Waals surface area (Å²) in [5.41, 5.74) is 2.82. The summed E-state index contributed by atoms with van der Waals surface area (Å²) in [5.74, 6) is 1.20. The second-order valence-corrected chi connectivity index (χ2v) is 5.72. The van der Waals surface area contributed by atoms with Gasteiger partial charge in [-0.25, -0.2) is 0 Å². The zero-order valence-corrected chi connectivity index (χ0v) is 14.7. The van der Waals surface area contributed by atoms with Crippen LogP contribution in [0.3, 0.4) is 0 Å². The number of benzene rings is 2. The number of aryl methyl sites for hydroxylation is 1. The van der Waals surface area contributed by atoms with Crippen molar-refractivity contribution in [1.82, 2.24) is 5.32 Å². The Kier molecular flexibility index (Phi) is 6.32. The van der Waals surface area contributed by atoms with E-state index < -0.39 is 0 Å². The summed E-state index contributed by atoms with van der Waals surface area (Å²) in [5, 5.41) is 6.64. The van der Waals surface area contributed by atoms with Gasteiger partial charge in [0.15, 0.2) is 11.5 Å². The van der Waals surface area contributed by atoms with E-state index in [0.29, 0.717) is 23.1 Å². The van der Waals surface area contributed by atoms with E-state index in [1.807, 2.05) is 37.3 Å². The van der Waals surface area contributed by atoms with Crippen molar-refractivity contribution >= 4 is 23.2 Å². The topological polar surface area (TPSA) is 59.6 Å². The number of hydrogen-bond donors (Lipinski definition) is 2. The first kappa shape index (κ1) is 17.9. The van der Waals surface area contributed by atoms with Crippen molar-refractivity contribution < 1.29 is 14.3 Å². The number of hydrogen-bond acceptors (Lipinski definition) is 4. The lowest BCUT2D eigenvalue weighted by molar-refractivity contribution is -0.119. The molecule has 5 nitrogen and oxygen atoms in total. The molecule has 0 spiro atoms. The SMILES string of the molecule is COc1ccc(CNC(=O)CNc2ccc(Cl)cc2C)cc1OC. The van der Waals surface area contributed by atoms with Gasteiger partial charge in [-0.1, -0.05) is 17.7 Å². The maximum Gasteiger partial charge on any atom is 0.239 e. The van der Waals surface area contributed by atoms with Crippen LogP contribution >= 0.6 is 11.6 Å². The highest BCUT2D eigenvalue weighted by molar-refractivity contribution is 6.30. The van der Waals surface area contributed by atoms with E-state index in [0.717, 1.165) is 16.8 Å². The third-order valence-electron chi connectivity index (χ3n) is 3.57. The molecular weight excluding hydrogens is 328 g/mol. The molecule has 0 radical (unpaired) electrons. The molecule has 6 heteroatoms. The van der Waals surface area contributed by atoms with E-state index in [-0.39, 0.29) is 12.5 Å². The van der Waals surface area contributed by atoms with E-state index in [2.05, 4.69) is 10.6 Å². The highest BCUT2D eigenvalue weighted by atomic mass is 35.5. The van der Waals surface area contributed by atoms with Crippen molar-refractivity contribution in [3.05, 3.63) is 52.5 Å². The zero-order chi connectivity index (χ0) is 17.5. The Morgan fingerprint density at radius 3 is 2.50 bits per heavy atom. The molecule has 0 saturated heterocycles. The zero-order valence-electron chi connectivity index (χ0n) is 14.0. The number of carbonyl (C=O) groups is 1. The lowest BCUT2D eigenvalue weighted by Gasteiger charge is -2.12. The number of ether oxygens (including phenoxy) is 2. The minimum atomic E-state index is -0.0980. The summed E-state index contributed by atoms with van der Waals surface area (Å²) in [7, 11) is 3.17. The summed E-state index contributed by atoms with van der Waals surface area (Å²) in [6.45, 7) is 2.55. The number of halogens is 1. The molecule has 0 atom stereocenters. The first-order chi connectivity index (χ1) is 11.5. The Morgan fingerprint density at radius 2 is 1.83 bits per heavy atom. The van der Waals surface area contributed by atoms with Gasteiger partial charge in [0.2, 0.25) is 5.91 Å². The highest BCUT2D eigenvalue weighted by Crippen LogP contribution is 2.27. The summed E-state index contributed by atoms with van der Waals surface area (Å²) >= 11 is 5.92. The van der Waals surface area contributed by atoms with Gasteiger partial charge in [0, 0.05) is 17.3 Å². The van der Waals surface area contributed by atoms with Crippen LogP contribution in [0.1, 0.15) is 11.1 Å². The van der Waals surface area contributed by atoms with Crippen molar-refractivity contribution in [2.45, 2.75) is 13.5 Å². The van der Waals surface area contributed by atoms with E-state index in [4.69, 9.17) is 21.1 Å². The average molecular weight is 349 g/mol. The van der Waals surface area contributed by atoms with Gasteiger partial charge >= 0.3 is 0 Å². The molecule has 0 aliphatic rings. The molecule has 0 heterocycles. The smallest absolute Gasteiger partial charge is 0.239 e. The third-order valence-corrected chi connectivity index (χ3v) is 3.80. The molecule has 128 valence electrons. The predicted octanol–water partition coefficient (Wildman–Crippen LogP) is 3.39. The Hall–Kier alpha value is -2.40. The van der Waals surface area contributed by atoms with Gasteiger partial charge in [-0.05, 0) is 48.4 Å². The molecule has 24 heavy (non-hydrogen) atoms. The molecule has 0 bridgehead atoms. The highest BCUT2D eigenvalue weighted by Gasteiger charge is 2.07. The molecular formula is C18H21ClN2O3. The van der Waals surface area contributed by atoms with Crippen molar-refractivity contribution in [2.24, 2.45) is 0 Å². The van der Waals surface area contributed by atoms with Crippen LogP contribution in [0.2, 0.25) is 5.02 Å². The number of anilines is 1. The third kappa shape index (κ3) is 4.80. The molecule has 2 aromatic carbocycles. The number of carbonyl (C=O) groups excluding carboxylic acids is 1. The Morgan fingerprint density at radius 1 is 1.08 bits per heavy atom. The maximum atomic E-state index is 12.0. The normalized spacial score (nSPS) is 10.2. The number of rotatable bonds is 7. The van der Waals surface area contributed by atoms with Crippen LogP contribution in [0, 0.1) is 6.92 Å². The monoisotopic (exact) mass is 348 g/mol. The van der Waals surface area contributed by atoms with Crippen LogP contribution in [-0.2, 0) is 11.3 Å². The second kappa shape index (κ2) is 8.45. The van der Waals surface area contributed by atoms with Gasteiger partial charge in [0.25, 0.3) is 0 Å². The van der Waals surface area contributed by atoms with Crippen molar-refractivity contribution in [1.29, 1.82) is 0 Å². The molecule has 0 aromatic heterocycles. The van der Waals surface area contributed by atoms with Gasteiger partial charge in [-0.3, -0.25) is 4.79 Å². The first-order valence-corrected chi connectivity index (χ1v) is 7.89. The fourth-order valence-corrected chi connectivity index (χ4v) is 2.48. The fourth-order valence-electron chi connectivity index (χ4n) is 2.25. The first-order valence-electron chi connectivity index (χ1n) is 7.51. The molecule has 2 aromatic rings. The fraction of sp³-hybridized carbons (Fsp3) is 0.278. The number of methoxy groups -OCH3 is 2. The molecule has 0 fully saturated rings. The Balaban J connectivity index is 1.87. The lowest BCUT2D eigenvalue weighted by Crippen LogP contribution is -2.29. The standard InChI is InChI=1S/C18H21ClN2O3/c1-12-8-14(19)5-6-15(12)20-11-18(22)21-10-13-4-7-16(23-2)17(9-13)24-3/h4-9,20H,10-11H2,1-3H3,(H,21,22). The lowest BCUT2D eigenvalue weighted by atomic mass is 10.2. The van der Waals surface area contributed by atoms with E-state index >= 15 is 0 Å². The van der Waals surface area contributed by atoms with Crippen LogP contribution < -0.4 is 20.1 Å². The van der Waals surface area contributed by atoms with E-state index in [1.165, 1.54) is 0 Å². The predicted molar refractivity (Wildman–Crippen MR) is 96.1 cm³/mol. The largest absolute Gasteiger partial charge is 0.493 e. The molecule has 0 aliphatic carbocycles. The minimum Gasteiger partial charge on any atom is -0.493 e. The van der Waals surface area contributed by atoms with Crippen molar-refractivity contribution in [3.63, 3.8) is 0 Å². The van der Waals surface area contributed by atoms with Crippen LogP contribution in [-0.4, -0.2) is 26.7 Å². The van der Waals surface area contributed by atoms with Crippen LogP contribution in [0.15, 0.2) is 36.4 Å².